The maximum atomic E-state index is 12.6. The number of esters is 2. The van der Waals surface area contributed by atoms with E-state index in [1.54, 1.807) is 0 Å². The molecule has 5 nitrogen and oxygen atoms in total. The highest BCUT2D eigenvalue weighted by molar-refractivity contribution is 5.88. The summed E-state index contributed by atoms with van der Waals surface area (Å²) < 4.78 is 11.2. The molecule has 0 bridgehead atoms. The molecule has 0 aromatic heterocycles. The first-order valence-corrected chi connectivity index (χ1v) is 8.73. The predicted molar refractivity (Wildman–Crippen MR) is 85.7 cm³/mol. The lowest BCUT2D eigenvalue weighted by atomic mass is 9.48. The molecule has 2 aliphatic carbocycles. The lowest BCUT2D eigenvalue weighted by molar-refractivity contribution is -0.149. The SMILES string of the molecule is CC(C)[C@H]1OC(=O)C=C2C1=C[C@H]1OC(=O)[C@@]3(C)CC[C@@H](O)[C@@]2(C)[C@@H]13. The summed E-state index contributed by atoms with van der Waals surface area (Å²) in [5.41, 5.74) is 0.429. The topological polar surface area (TPSA) is 72.8 Å². The number of aliphatic hydroxyl groups is 1. The molecular weight excluding hydrogens is 308 g/mol. The van der Waals surface area contributed by atoms with Crippen LogP contribution in [0.2, 0.25) is 0 Å². The van der Waals surface area contributed by atoms with Gasteiger partial charge in [-0.1, -0.05) is 20.8 Å². The van der Waals surface area contributed by atoms with Gasteiger partial charge in [0.1, 0.15) is 12.2 Å². The van der Waals surface area contributed by atoms with Crippen LogP contribution >= 0.6 is 0 Å². The van der Waals surface area contributed by atoms with Crippen molar-refractivity contribution in [3.05, 3.63) is 23.3 Å². The zero-order chi connectivity index (χ0) is 17.4. The van der Waals surface area contributed by atoms with E-state index in [9.17, 15) is 14.7 Å². The highest BCUT2D eigenvalue weighted by Gasteiger charge is 2.68. The third-order valence-electron chi connectivity index (χ3n) is 6.65. The van der Waals surface area contributed by atoms with Crippen LogP contribution in [0.5, 0.6) is 0 Å². The Labute approximate surface area is 141 Å². The summed E-state index contributed by atoms with van der Waals surface area (Å²) in [5, 5.41) is 10.9. The Balaban J connectivity index is 1.95. The average Bonchev–Trinajstić information content (AvgIpc) is 2.76. The fourth-order valence-corrected chi connectivity index (χ4v) is 5.40. The molecule has 6 atom stereocenters. The molecule has 24 heavy (non-hydrogen) atoms. The molecule has 0 amide bonds. The van der Waals surface area contributed by atoms with Crippen LogP contribution in [0.1, 0.15) is 40.5 Å². The average molecular weight is 332 g/mol. The van der Waals surface area contributed by atoms with Crippen molar-refractivity contribution in [2.24, 2.45) is 22.7 Å². The Morgan fingerprint density at radius 1 is 1.25 bits per heavy atom. The predicted octanol–water partition coefficient (Wildman–Crippen LogP) is 2.14. The summed E-state index contributed by atoms with van der Waals surface area (Å²) in [6.45, 7) is 7.91. The highest BCUT2D eigenvalue weighted by atomic mass is 16.6. The number of carbonyl (C=O) groups excluding carboxylic acids is 2. The van der Waals surface area contributed by atoms with Gasteiger partial charge in [0.15, 0.2) is 0 Å². The van der Waals surface area contributed by atoms with Gasteiger partial charge >= 0.3 is 11.9 Å². The fraction of sp³-hybridized carbons (Fsp3) is 0.684. The van der Waals surface area contributed by atoms with Crippen LogP contribution in [-0.2, 0) is 19.1 Å². The zero-order valence-corrected chi connectivity index (χ0v) is 14.5. The van der Waals surface area contributed by atoms with Gasteiger partial charge in [-0.3, -0.25) is 4.79 Å². The maximum Gasteiger partial charge on any atom is 0.331 e. The first-order chi connectivity index (χ1) is 11.2. The Morgan fingerprint density at radius 3 is 2.62 bits per heavy atom. The highest BCUT2D eigenvalue weighted by Crippen LogP contribution is 2.64. The summed E-state index contributed by atoms with van der Waals surface area (Å²) in [7, 11) is 0. The second kappa shape index (κ2) is 4.72. The van der Waals surface area contributed by atoms with Crippen LogP contribution in [0.15, 0.2) is 23.3 Å². The standard InChI is InChI=1S/C19H24O5/c1-9(2)15-10-7-12-16-18(3,17(22)23-12)6-5-13(20)19(16,4)11(10)8-14(21)24-15/h7-9,12-13,15-16,20H,5-6H2,1-4H3/t12-,13-,15-,16+,18+,19+/m1/s1. The second-order valence-electron chi connectivity index (χ2n) is 8.38. The molecule has 0 spiro atoms. The number of rotatable bonds is 1. The lowest BCUT2D eigenvalue weighted by Crippen LogP contribution is -2.57. The normalized spacial score (nSPS) is 46.6. The van der Waals surface area contributed by atoms with Gasteiger partial charge in [-0.05, 0) is 42.9 Å². The van der Waals surface area contributed by atoms with E-state index in [0.29, 0.717) is 12.8 Å². The molecule has 5 heteroatoms. The molecule has 1 N–H and O–H groups in total. The third kappa shape index (κ3) is 1.74. The van der Waals surface area contributed by atoms with Gasteiger partial charge < -0.3 is 14.6 Å². The summed E-state index contributed by atoms with van der Waals surface area (Å²) in [6, 6.07) is 0. The smallest absolute Gasteiger partial charge is 0.331 e. The van der Waals surface area contributed by atoms with E-state index in [-0.39, 0.29) is 36.0 Å². The number of fused-ring (bicyclic) bond motifs is 2. The summed E-state index contributed by atoms with van der Waals surface area (Å²) >= 11 is 0. The summed E-state index contributed by atoms with van der Waals surface area (Å²) in [4.78, 5) is 24.7. The Morgan fingerprint density at radius 2 is 1.96 bits per heavy atom. The molecule has 4 rings (SSSR count). The molecule has 0 radical (unpaired) electrons. The second-order valence-corrected chi connectivity index (χ2v) is 8.38. The monoisotopic (exact) mass is 332 g/mol. The van der Waals surface area contributed by atoms with Crippen molar-refractivity contribution < 1.29 is 24.2 Å². The van der Waals surface area contributed by atoms with E-state index < -0.39 is 16.9 Å². The van der Waals surface area contributed by atoms with Crippen molar-refractivity contribution >= 4 is 11.9 Å². The zero-order valence-electron chi connectivity index (χ0n) is 14.5. The number of aliphatic hydroxyl groups excluding tert-OH is 1. The number of carbonyl (C=O) groups is 2. The molecule has 1 saturated carbocycles. The van der Waals surface area contributed by atoms with E-state index >= 15 is 0 Å². The maximum absolute atomic E-state index is 12.6. The number of ether oxygens (including phenoxy) is 2. The van der Waals surface area contributed by atoms with Crippen LogP contribution < -0.4 is 0 Å². The van der Waals surface area contributed by atoms with Gasteiger partial charge in [0.05, 0.1) is 11.5 Å². The fourth-order valence-electron chi connectivity index (χ4n) is 5.40. The number of cyclic esters (lactones) is 1. The minimum absolute atomic E-state index is 0.105. The van der Waals surface area contributed by atoms with Gasteiger partial charge in [0, 0.05) is 17.4 Å². The quantitative estimate of drug-likeness (QED) is 0.745. The van der Waals surface area contributed by atoms with Crippen molar-refractivity contribution in [1.82, 2.24) is 0 Å². The molecular formula is C19H24O5. The molecule has 4 aliphatic rings. The van der Waals surface area contributed by atoms with Gasteiger partial charge in [-0.2, -0.15) is 0 Å². The molecule has 0 aromatic carbocycles. The summed E-state index contributed by atoms with van der Waals surface area (Å²) in [6.07, 6.45) is 3.26. The molecule has 1 saturated heterocycles. The van der Waals surface area contributed by atoms with E-state index in [1.165, 1.54) is 6.08 Å². The van der Waals surface area contributed by atoms with E-state index in [0.717, 1.165) is 11.1 Å². The number of hydrogen-bond donors (Lipinski definition) is 1. The van der Waals surface area contributed by atoms with Gasteiger partial charge in [-0.15, -0.1) is 0 Å². The third-order valence-corrected chi connectivity index (χ3v) is 6.65. The summed E-state index contributed by atoms with van der Waals surface area (Å²) in [5.74, 6) is -0.617. The molecule has 130 valence electrons. The number of hydrogen-bond acceptors (Lipinski definition) is 5. The Kier molecular flexibility index (Phi) is 3.12. The molecule has 2 fully saturated rings. The Hall–Kier alpha value is -1.62. The van der Waals surface area contributed by atoms with E-state index in [2.05, 4.69) is 0 Å². The van der Waals surface area contributed by atoms with Crippen molar-refractivity contribution in [3.63, 3.8) is 0 Å². The van der Waals surface area contributed by atoms with Crippen molar-refractivity contribution in [2.45, 2.75) is 58.8 Å². The van der Waals surface area contributed by atoms with Gasteiger partial charge in [0.2, 0.25) is 0 Å². The molecule has 0 unspecified atom stereocenters. The van der Waals surface area contributed by atoms with Crippen LogP contribution in [-0.4, -0.2) is 35.4 Å². The van der Waals surface area contributed by atoms with Crippen LogP contribution in [0, 0.1) is 22.7 Å². The molecule has 2 heterocycles. The minimum atomic E-state index is -0.680. The van der Waals surface area contributed by atoms with Crippen LogP contribution in [0.25, 0.3) is 0 Å². The molecule has 0 aromatic rings. The molecule has 2 aliphatic heterocycles. The first kappa shape index (κ1) is 15.9. The van der Waals surface area contributed by atoms with Gasteiger partial charge in [0.25, 0.3) is 0 Å². The first-order valence-electron chi connectivity index (χ1n) is 8.73. The van der Waals surface area contributed by atoms with E-state index in [1.807, 2.05) is 33.8 Å². The van der Waals surface area contributed by atoms with Crippen molar-refractivity contribution in [1.29, 1.82) is 0 Å². The van der Waals surface area contributed by atoms with Crippen molar-refractivity contribution in [2.75, 3.05) is 0 Å². The Bertz CT molecular complexity index is 690. The van der Waals surface area contributed by atoms with Gasteiger partial charge in [-0.25, -0.2) is 4.79 Å². The lowest BCUT2D eigenvalue weighted by Gasteiger charge is -2.55. The van der Waals surface area contributed by atoms with Crippen LogP contribution in [0.4, 0.5) is 0 Å². The minimum Gasteiger partial charge on any atom is -0.457 e. The largest absolute Gasteiger partial charge is 0.457 e. The van der Waals surface area contributed by atoms with E-state index in [4.69, 9.17) is 9.47 Å². The van der Waals surface area contributed by atoms with Crippen LogP contribution in [0.3, 0.4) is 0 Å². The van der Waals surface area contributed by atoms with Crippen molar-refractivity contribution in [3.8, 4) is 0 Å².